The molecule has 2 aliphatic heterocycles. The van der Waals surface area contributed by atoms with Crippen molar-refractivity contribution in [3.8, 4) is 0 Å². The lowest BCUT2D eigenvalue weighted by Crippen LogP contribution is -2.60. The molecule has 0 radical (unpaired) electrons. The first-order valence-electron chi connectivity index (χ1n) is 10.9. The predicted molar refractivity (Wildman–Crippen MR) is 104 cm³/mol. The van der Waals surface area contributed by atoms with Crippen molar-refractivity contribution in [3.63, 3.8) is 0 Å². The number of hydrogen-bond donors (Lipinski definition) is 6. The van der Waals surface area contributed by atoms with Crippen molar-refractivity contribution >= 4 is 0 Å². The Balaban J connectivity index is 1.33. The second-order valence-corrected chi connectivity index (χ2v) is 9.73. The highest BCUT2D eigenvalue weighted by atomic mass is 16.7. The van der Waals surface area contributed by atoms with Crippen LogP contribution in [0.1, 0.15) is 26.7 Å². The SMILES string of the molecule is CC1(C)C2CC=C(COC3OC(COC4OCC(O)C(O)C4O)C(O)C(O)C3O)C1C2. The lowest BCUT2D eigenvalue weighted by Gasteiger charge is -2.56. The van der Waals surface area contributed by atoms with Crippen molar-refractivity contribution in [2.75, 3.05) is 19.8 Å². The summed E-state index contributed by atoms with van der Waals surface area (Å²) in [4.78, 5) is 0. The average molecular weight is 446 g/mol. The zero-order chi connectivity index (χ0) is 22.5. The maximum Gasteiger partial charge on any atom is 0.187 e. The number of rotatable bonds is 6. The monoisotopic (exact) mass is 446 g/mol. The van der Waals surface area contributed by atoms with Gasteiger partial charge in [-0.05, 0) is 35.7 Å². The molecule has 0 amide bonds. The Morgan fingerprint density at radius 2 is 1.65 bits per heavy atom. The first-order chi connectivity index (χ1) is 14.6. The number of aliphatic hydroxyl groups is 6. The quantitative estimate of drug-likeness (QED) is 0.259. The number of fused-ring (bicyclic) bond motifs is 1. The molecule has 2 saturated heterocycles. The molecule has 10 nitrogen and oxygen atoms in total. The highest BCUT2D eigenvalue weighted by Crippen LogP contribution is 2.59. The Morgan fingerprint density at radius 1 is 0.935 bits per heavy atom. The van der Waals surface area contributed by atoms with Gasteiger partial charge in [-0.1, -0.05) is 19.9 Å². The Hall–Kier alpha value is -0.660. The molecular formula is C21H34O10. The van der Waals surface area contributed by atoms with Crippen LogP contribution in [-0.2, 0) is 18.9 Å². The molecule has 31 heavy (non-hydrogen) atoms. The molecule has 10 heteroatoms. The van der Waals surface area contributed by atoms with E-state index in [1.807, 2.05) is 0 Å². The molecule has 2 heterocycles. The maximum atomic E-state index is 10.3. The third-order valence-electron chi connectivity index (χ3n) is 7.54. The Kier molecular flexibility index (Phi) is 6.78. The zero-order valence-corrected chi connectivity index (χ0v) is 17.8. The normalized spacial score (nSPS) is 49.3. The van der Waals surface area contributed by atoms with Gasteiger partial charge in [0.2, 0.25) is 0 Å². The van der Waals surface area contributed by atoms with E-state index in [9.17, 15) is 30.6 Å². The molecule has 6 N–H and O–H groups in total. The van der Waals surface area contributed by atoms with Gasteiger partial charge in [0, 0.05) is 0 Å². The summed E-state index contributed by atoms with van der Waals surface area (Å²) in [5.74, 6) is 1.11. The van der Waals surface area contributed by atoms with E-state index in [4.69, 9.17) is 18.9 Å². The van der Waals surface area contributed by atoms with Crippen LogP contribution in [0.4, 0.5) is 0 Å². The van der Waals surface area contributed by atoms with Crippen molar-refractivity contribution in [1.82, 2.24) is 0 Å². The Bertz CT molecular complexity index is 669. The molecule has 0 aromatic rings. The summed E-state index contributed by atoms with van der Waals surface area (Å²) >= 11 is 0. The smallest absolute Gasteiger partial charge is 0.187 e. The fraction of sp³-hybridized carbons (Fsp3) is 0.905. The molecule has 11 unspecified atom stereocenters. The van der Waals surface area contributed by atoms with Gasteiger partial charge in [-0.15, -0.1) is 0 Å². The Labute approximate surface area is 181 Å². The van der Waals surface area contributed by atoms with Crippen LogP contribution >= 0.6 is 0 Å². The summed E-state index contributed by atoms with van der Waals surface area (Å²) < 4.78 is 22.0. The highest BCUT2D eigenvalue weighted by molar-refractivity contribution is 5.23. The van der Waals surface area contributed by atoms with Crippen molar-refractivity contribution in [2.45, 2.75) is 82.0 Å². The largest absolute Gasteiger partial charge is 0.388 e. The van der Waals surface area contributed by atoms with Gasteiger partial charge < -0.3 is 49.6 Å². The van der Waals surface area contributed by atoms with Crippen LogP contribution in [0, 0.1) is 17.3 Å². The highest BCUT2D eigenvalue weighted by Gasteiger charge is 2.52. The molecule has 3 fully saturated rings. The van der Waals surface area contributed by atoms with Crippen molar-refractivity contribution < 1.29 is 49.6 Å². The molecule has 2 bridgehead atoms. The van der Waals surface area contributed by atoms with E-state index in [0.29, 0.717) is 11.8 Å². The van der Waals surface area contributed by atoms with Gasteiger partial charge in [0.15, 0.2) is 12.6 Å². The van der Waals surface area contributed by atoms with Crippen LogP contribution in [0.2, 0.25) is 0 Å². The first kappa shape index (κ1) is 23.5. The molecule has 0 aromatic heterocycles. The molecule has 1 saturated carbocycles. The standard InChI is InChI=1S/C21H34O10/c1-21(2)10-4-3-9(11(21)5-10)6-28-20-18(27)16(25)15(24)13(31-20)8-30-19-17(26)14(23)12(22)7-29-19/h3,10-20,22-27H,4-8H2,1-2H3. The van der Waals surface area contributed by atoms with E-state index < -0.39 is 55.3 Å². The molecular weight excluding hydrogens is 412 g/mol. The van der Waals surface area contributed by atoms with Crippen molar-refractivity contribution in [3.05, 3.63) is 11.6 Å². The summed E-state index contributed by atoms with van der Waals surface area (Å²) in [6.45, 7) is 4.23. The lowest BCUT2D eigenvalue weighted by atomic mass is 9.49. The van der Waals surface area contributed by atoms with Crippen molar-refractivity contribution in [2.24, 2.45) is 17.3 Å². The summed E-state index contributed by atoms with van der Waals surface area (Å²) in [6.07, 6.45) is -7.72. The number of ether oxygens (including phenoxy) is 4. The minimum absolute atomic E-state index is 0.225. The van der Waals surface area contributed by atoms with Crippen molar-refractivity contribution in [1.29, 1.82) is 0 Å². The van der Waals surface area contributed by atoms with Crippen LogP contribution in [0.25, 0.3) is 0 Å². The van der Waals surface area contributed by atoms with E-state index in [1.165, 1.54) is 0 Å². The number of hydrogen-bond acceptors (Lipinski definition) is 10. The summed E-state index contributed by atoms with van der Waals surface area (Å²) in [5.41, 5.74) is 1.38. The second-order valence-electron chi connectivity index (χ2n) is 9.73. The van der Waals surface area contributed by atoms with Gasteiger partial charge in [-0.2, -0.15) is 0 Å². The summed E-state index contributed by atoms with van der Waals surface area (Å²) in [7, 11) is 0. The molecule has 178 valence electrons. The third-order valence-corrected chi connectivity index (χ3v) is 7.54. The fourth-order valence-corrected chi connectivity index (χ4v) is 5.13. The number of allylic oxidation sites excluding steroid dienone is 1. The van der Waals surface area contributed by atoms with Gasteiger partial charge in [0.25, 0.3) is 0 Å². The predicted octanol–water partition coefficient (Wildman–Crippen LogP) is -1.74. The first-order valence-corrected chi connectivity index (χ1v) is 10.9. The minimum Gasteiger partial charge on any atom is -0.388 e. The van der Waals surface area contributed by atoms with E-state index in [0.717, 1.165) is 18.4 Å². The lowest BCUT2D eigenvalue weighted by molar-refractivity contribution is -0.320. The van der Waals surface area contributed by atoms with E-state index in [1.54, 1.807) is 0 Å². The summed E-state index contributed by atoms with van der Waals surface area (Å²) in [5, 5.41) is 60.0. The fourth-order valence-electron chi connectivity index (χ4n) is 5.13. The van der Waals surface area contributed by atoms with Gasteiger partial charge in [-0.3, -0.25) is 0 Å². The maximum absolute atomic E-state index is 10.3. The number of aliphatic hydroxyl groups excluding tert-OH is 6. The van der Waals surface area contributed by atoms with E-state index in [-0.39, 0.29) is 25.2 Å². The van der Waals surface area contributed by atoms with Gasteiger partial charge in [0.05, 0.1) is 19.8 Å². The summed E-state index contributed by atoms with van der Waals surface area (Å²) in [6, 6.07) is 0. The Morgan fingerprint density at radius 3 is 2.32 bits per heavy atom. The van der Waals surface area contributed by atoms with Crippen LogP contribution in [0.15, 0.2) is 11.6 Å². The van der Waals surface area contributed by atoms with E-state index >= 15 is 0 Å². The molecule has 5 rings (SSSR count). The molecule has 11 atom stereocenters. The van der Waals surface area contributed by atoms with Crippen LogP contribution in [0.5, 0.6) is 0 Å². The van der Waals surface area contributed by atoms with Crippen LogP contribution in [0.3, 0.4) is 0 Å². The molecule has 0 spiro atoms. The molecule has 3 aliphatic carbocycles. The van der Waals surface area contributed by atoms with Gasteiger partial charge >= 0.3 is 0 Å². The molecule has 0 aromatic carbocycles. The molecule has 5 aliphatic rings. The zero-order valence-electron chi connectivity index (χ0n) is 17.8. The third kappa shape index (κ3) is 4.31. The second kappa shape index (κ2) is 8.94. The van der Waals surface area contributed by atoms with Crippen LogP contribution < -0.4 is 0 Å². The van der Waals surface area contributed by atoms with Crippen LogP contribution in [-0.4, -0.2) is 106 Å². The van der Waals surface area contributed by atoms with E-state index in [2.05, 4.69) is 19.9 Å². The van der Waals surface area contributed by atoms with Gasteiger partial charge in [-0.25, -0.2) is 0 Å². The minimum atomic E-state index is -1.51. The average Bonchev–Trinajstić information content (AvgIpc) is 2.75. The van der Waals surface area contributed by atoms with Gasteiger partial charge in [0.1, 0.15) is 42.7 Å². The topological polar surface area (TPSA) is 158 Å².